The Labute approximate surface area is 173 Å². The zero-order valence-corrected chi connectivity index (χ0v) is 20.0. The lowest BCUT2D eigenvalue weighted by molar-refractivity contribution is -0.0365. The van der Waals surface area contributed by atoms with Crippen LogP contribution in [-0.4, -0.2) is 63.6 Å². The number of rotatable bonds is 12. The second kappa shape index (κ2) is 12.8. The van der Waals surface area contributed by atoms with Crippen LogP contribution in [0.5, 0.6) is 0 Å². The number of nitrogens with zero attached hydrogens (tertiary/aromatic N) is 1. The average molecular weight is 435 g/mol. The molecule has 1 aliphatic heterocycles. The maximum atomic E-state index is 12.2. The Bertz CT molecular complexity index is 506. The molecule has 0 aliphatic carbocycles. The lowest BCUT2D eigenvalue weighted by Crippen LogP contribution is -2.39. The Morgan fingerprint density at radius 3 is 2.32 bits per heavy atom. The van der Waals surface area contributed by atoms with Gasteiger partial charge in [0.25, 0.3) is 8.53 Å². The Morgan fingerprint density at radius 2 is 1.82 bits per heavy atom. The van der Waals surface area contributed by atoms with Gasteiger partial charge in [-0.2, -0.15) is 0 Å². The van der Waals surface area contributed by atoms with Gasteiger partial charge in [0.15, 0.2) is 0 Å². The molecule has 1 saturated heterocycles. The number of hydrogen-bond acceptors (Lipinski definition) is 7. The van der Waals surface area contributed by atoms with Crippen LogP contribution in [0.15, 0.2) is 11.9 Å². The van der Waals surface area contributed by atoms with Gasteiger partial charge in [-0.25, -0.2) is 4.67 Å². The third-order valence-corrected chi connectivity index (χ3v) is 7.96. The van der Waals surface area contributed by atoms with E-state index in [2.05, 4.69) is 39.3 Å². The van der Waals surface area contributed by atoms with E-state index < -0.39 is 22.1 Å². The summed E-state index contributed by atoms with van der Waals surface area (Å²) in [5.41, 5.74) is 0. The molecular formula is C18H36BNO6P2. The van der Waals surface area contributed by atoms with Gasteiger partial charge in [-0.05, 0) is 46.6 Å². The smallest absolute Gasteiger partial charge is 0.353 e. The fraction of sp³-hybridized carbons (Fsp3) is 0.889. The van der Waals surface area contributed by atoms with E-state index in [9.17, 15) is 4.57 Å². The predicted octanol–water partition coefficient (Wildman–Crippen LogP) is 4.82. The molecule has 1 aliphatic rings. The molecule has 4 unspecified atom stereocenters. The molecule has 28 heavy (non-hydrogen) atoms. The van der Waals surface area contributed by atoms with Gasteiger partial charge >= 0.3 is 7.60 Å². The van der Waals surface area contributed by atoms with Crippen molar-refractivity contribution in [3.8, 4) is 0 Å². The van der Waals surface area contributed by atoms with Crippen molar-refractivity contribution >= 4 is 24.0 Å². The number of ether oxygens (including phenoxy) is 1. The highest BCUT2D eigenvalue weighted by Crippen LogP contribution is 2.50. The van der Waals surface area contributed by atoms with Crippen molar-refractivity contribution < 1.29 is 27.4 Å². The molecule has 1 rings (SSSR count). The maximum Gasteiger partial charge on any atom is 0.353 e. The van der Waals surface area contributed by atoms with Crippen molar-refractivity contribution in [3.05, 3.63) is 11.9 Å². The molecule has 0 spiro atoms. The fourth-order valence-corrected chi connectivity index (χ4v) is 5.60. The molecule has 162 valence electrons. The van der Waals surface area contributed by atoms with E-state index in [1.807, 2.05) is 0 Å². The summed E-state index contributed by atoms with van der Waals surface area (Å²) in [6, 6.07) is 0.121. The first-order valence-corrected chi connectivity index (χ1v) is 12.6. The van der Waals surface area contributed by atoms with Crippen LogP contribution in [0.3, 0.4) is 0 Å². The third kappa shape index (κ3) is 8.53. The van der Waals surface area contributed by atoms with Gasteiger partial charge in [-0.1, -0.05) is 6.92 Å². The zero-order chi connectivity index (χ0) is 21.3. The minimum atomic E-state index is -3.24. The minimum Gasteiger partial charge on any atom is -0.380 e. The van der Waals surface area contributed by atoms with Crippen molar-refractivity contribution in [2.75, 3.05) is 20.8 Å². The van der Waals surface area contributed by atoms with Crippen molar-refractivity contribution in [1.82, 2.24) is 4.67 Å². The highest BCUT2D eigenvalue weighted by Gasteiger charge is 2.34. The lowest BCUT2D eigenvalue weighted by atomic mass is 9.89. The van der Waals surface area contributed by atoms with Crippen LogP contribution < -0.4 is 0 Å². The first-order chi connectivity index (χ1) is 13.2. The van der Waals surface area contributed by atoms with Gasteiger partial charge in [0, 0.05) is 44.5 Å². The summed E-state index contributed by atoms with van der Waals surface area (Å²) in [6.45, 7) is 11.3. The molecule has 0 aromatic rings. The van der Waals surface area contributed by atoms with E-state index in [4.69, 9.17) is 30.7 Å². The van der Waals surface area contributed by atoms with Gasteiger partial charge in [0.05, 0.1) is 18.8 Å². The predicted molar refractivity (Wildman–Crippen MR) is 115 cm³/mol. The van der Waals surface area contributed by atoms with Gasteiger partial charge in [-0.15, -0.1) is 0 Å². The summed E-state index contributed by atoms with van der Waals surface area (Å²) in [6.07, 6.45) is 3.33. The highest BCUT2D eigenvalue weighted by atomic mass is 31.2. The molecule has 4 atom stereocenters. The Kier molecular flexibility index (Phi) is 12.0. The van der Waals surface area contributed by atoms with E-state index in [-0.39, 0.29) is 12.2 Å². The molecule has 0 aromatic heterocycles. The summed E-state index contributed by atoms with van der Waals surface area (Å²) in [4.78, 5) is 0. The van der Waals surface area contributed by atoms with Crippen molar-refractivity contribution in [3.63, 3.8) is 0 Å². The topological polar surface area (TPSA) is 66.5 Å². The van der Waals surface area contributed by atoms with Crippen LogP contribution >= 0.6 is 16.1 Å². The van der Waals surface area contributed by atoms with Crippen LogP contribution in [0, 0.1) is 0 Å². The van der Waals surface area contributed by atoms with E-state index in [1.54, 1.807) is 6.08 Å². The summed E-state index contributed by atoms with van der Waals surface area (Å²) in [7, 11) is 4.31. The molecule has 0 bridgehead atoms. The molecule has 1 fully saturated rings. The van der Waals surface area contributed by atoms with Crippen LogP contribution in [0.4, 0.5) is 0 Å². The van der Waals surface area contributed by atoms with Crippen molar-refractivity contribution in [1.29, 1.82) is 0 Å². The molecule has 0 N–H and O–H groups in total. The normalized spacial score (nSPS) is 25.3. The summed E-state index contributed by atoms with van der Waals surface area (Å²) in [5, 5.41) is 0. The fourth-order valence-electron chi connectivity index (χ4n) is 2.98. The quantitative estimate of drug-likeness (QED) is 0.322. The van der Waals surface area contributed by atoms with Gasteiger partial charge in [0.1, 0.15) is 7.85 Å². The first-order valence-electron chi connectivity index (χ1n) is 9.85. The van der Waals surface area contributed by atoms with Gasteiger partial charge < -0.3 is 22.8 Å². The Balaban J connectivity index is 2.87. The molecule has 2 radical (unpaired) electrons. The highest BCUT2D eigenvalue weighted by molar-refractivity contribution is 7.57. The second-order valence-corrected chi connectivity index (χ2v) is 10.8. The first kappa shape index (κ1) is 26.3. The standard InChI is InChI=1S/C18H36BNO6P2/c1-8-10-24-27(20(14(2)3)15(4)5)26-17-12-16(25-18(19)13-17)9-11-28(21,22-6)23-7/h9,11,14-18H,8,10,12-13H2,1-7H3/b11-9+. The third-order valence-electron chi connectivity index (χ3n) is 4.22. The molecule has 7 nitrogen and oxygen atoms in total. The summed E-state index contributed by atoms with van der Waals surface area (Å²) in [5.74, 6) is 1.41. The number of hydrogen-bond donors (Lipinski definition) is 0. The van der Waals surface area contributed by atoms with E-state index >= 15 is 0 Å². The van der Waals surface area contributed by atoms with E-state index in [0.717, 1.165) is 6.42 Å². The summed E-state index contributed by atoms with van der Waals surface area (Å²) < 4.78 is 42.6. The molecule has 10 heteroatoms. The largest absolute Gasteiger partial charge is 0.380 e. The molecule has 0 amide bonds. The van der Waals surface area contributed by atoms with Crippen LogP contribution in [0.2, 0.25) is 0 Å². The monoisotopic (exact) mass is 435 g/mol. The van der Waals surface area contributed by atoms with Gasteiger partial charge in [0.2, 0.25) is 0 Å². The Morgan fingerprint density at radius 1 is 1.21 bits per heavy atom. The molecule has 0 saturated carbocycles. The molecular weight excluding hydrogens is 399 g/mol. The average Bonchev–Trinajstić information content (AvgIpc) is 2.63. The van der Waals surface area contributed by atoms with E-state index in [0.29, 0.717) is 31.5 Å². The van der Waals surface area contributed by atoms with Crippen LogP contribution in [-0.2, 0) is 27.4 Å². The Hall–Kier alpha value is 0.225. The maximum absolute atomic E-state index is 12.2. The van der Waals surface area contributed by atoms with Crippen LogP contribution in [0.25, 0.3) is 0 Å². The second-order valence-electron chi connectivity index (χ2n) is 7.30. The lowest BCUT2D eigenvalue weighted by Gasteiger charge is -2.40. The molecule has 0 aromatic carbocycles. The van der Waals surface area contributed by atoms with E-state index in [1.165, 1.54) is 20.0 Å². The molecule has 1 heterocycles. The van der Waals surface area contributed by atoms with Gasteiger partial charge in [-0.3, -0.25) is 4.57 Å². The zero-order valence-electron chi connectivity index (χ0n) is 18.2. The minimum absolute atomic E-state index is 0.120. The van der Waals surface area contributed by atoms with Crippen molar-refractivity contribution in [2.24, 2.45) is 0 Å². The summed E-state index contributed by atoms with van der Waals surface area (Å²) >= 11 is 0. The van der Waals surface area contributed by atoms with Crippen LogP contribution in [0.1, 0.15) is 53.9 Å². The SMILES string of the molecule is [B]C1CC(OP(OCCC)N(C(C)C)C(C)C)CC(/C=C/P(=O)(OC)OC)O1. The van der Waals surface area contributed by atoms with Crippen molar-refractivity contribution in [2.45, 2.75) is 84.2 Å².